The molecule has 0 bridgehead atoms. The number of unbranched alkanes of at least 4 members (excludes halogenated alkanes) is 2. The molecule has 0 unspecified atom stereocenters. The Kier molecular flexibility index (Phi) is 9.89. The first-order valence-corrected chi connectivity index (χ1v) is 16.5. The van der Waals surface area contributed by atoms with Gasteiger partial charge >= 0.3 is 12.1 Å². The lowest BCUT2D eigenvalue weighted by molar-refractivity contribution is -0.136. The Bertz CT molecular complexity index is 956. The van der Waals surface area contributed by atoms with Gasteiger partial charge in [0.15, 0.2) is 0 Å². The predicted octanol–water partition coefficient (Wildman–Crippen LogP) is 1.84. The third-order valence-corrected chi connectivity index (χ3v) is 8.24. The molecule has 0 aromatic rings. The van der Waals surface area contributed by atoms with E-state index >= 15 is 0 Å². The molecule has 0 spiro atoms. The van der Waals surface area contributed by atoms with Gasteiger partial charge in [-0.25, -0.2) is 14.5 Å². The molecule has 2 heterocycles. The molecular weight excluding hydrogens is 496 g/mol. The molecule has 2 fully saturated rings. The van der Waals surface area contributed by atoms with Crippen molar-refractivity contribution in [2.24, 2.45) is 11.5 Å². The second kappa shape index (κ2) is 12.1. The Labute approximate surface area is 219 Å². The zero-order chi connectivity index (χ0) is 28.1. The number of imide groups is 3. The smallest absolute Gasteiger partial charge is 0.333 e. The minimum atomic E-state index is -1.30. The molecule has 2 rings (SSSR count). The largest absolute Gasteiger partial charge is 0.385 e. The van der Waals surface area contributed by atoms with E-state index in [1.165, 1.54) is 4.90 Å². The maximum absolute atomic E-state index is 13.0. The Morgan fingerprint density at radius 1 is 0.838 bits per heavy atom. The summed E-state index contributed by atoms with van der Waals surface area (Å²) in [5.41, 5.74) is 9.72. The number of carbonyl (C=O) groups excluding carboxylic acids is 5. The highest BCUT2D eigenvalue weighted by Crippen LogP contribution is 2.28. The molecule has 0 saturated carbocycles. The van der Waals surface area contributed by atoms with Gasteiger partial charge in [0.25, 0.3) is 17.7 Å². The van der Waals surface area contributed by atoms with E-state index in [2.05, 4.69) is 19.6 Å². The van der Waals surface area contributed by atoms with Crippen LogP contribution in [0.5, 0.6) is 0 Å². The van der Waals surface area contributed by atoms with Gasteiger partial charge in [0, 0.05) is 34.3 Å². The SMILES string of the molecule is CCCCN1C(=O)C(=C(N)N)C(=O)N(CCCCN2C(=O)N(COCC[Si](C)(C)C)C(=O)C2(C)C)C1=O. The van der Waals surface area contributed by atoms with Crippen LogP contribution in [0, 0.1) is 0 Å². The summed E-state index contributed by atoms with van der Waals surface area (Å²) >= 11 is 0. The van der Waals surface area contributed by atoms with Crippen molar-refractivity contribution < 1.29 is 28.7 Å². The summed E-state index contributed by atoms with van der Waals surface area (Å²) in [6.07, 6.45) is 2.10. The zero-order valence-electron chi connectivity index (χ0n) is 23.0. The van der Waals surface area contributed by atoms with Crippen LogP contribution in [-0.2, 0) is 19.1 Å². The highest BCUT2D eigenvalue weighted by atomic mass is 28.3. The molecule has 4 N–H and O–H groups in total. The molecule has 208 valence electrons. The highest BCUT2D eigenvalue weighted by Gasteiger charge is 2.51. The van der Waals surface area contributed by atoms with E-state index in [0.29, 0.717) is 25.9 Å². The van der Waals surface area contributed by atoms with Crippen LogP contribution in [0.25, 0.3) is 0 Å². The van der Waals surface area contributed by atoms with Gasteiger partial charge in [-0.05, 0) is 39.2 Å². The minimum Gasteiger partial charge on any atom is -0.385 e. The number of barbiturate groups is 1. The molecule has 0 atom stereocenters. The lowest BCUT2D eigenvalue weighted by Gasteiger charge is -2.34. The van der Waals surface area contributed by atoms with Crippen LogP contribution < -0.4 is 11.5 Å². The molecule has 2 aliphatic heterocycles. The molecule has 0 aromatic carbocycles. The topological polar surface area (TPSA) is 160 Å². The van der Waals surface area contributed by atoms with E-state index in [0.717, 1.165) is 27.2 Å². The third kappa shape index (κ3) is 6.89. The minimum absolute atomic E-state index is 0.0181. The van der Waals surface area contributed by atoms with Gasteiger partial charge in [-0.1, -0.05) is 33.0 Å². The Morgan fingerprint density at radius 2 is 1.38 bits per heavy atom. The molecular formula is C24H42N6O6Si. The Hall–Kier alpha value is -2.93. The summed E-state index contributed by atoms with van der Waals surface area (Å²) in [5, 5.41) is 0. The first-order chi connectivity index (χ1) is 17.1. The van der Waals surface area contributed by atoms with Gasteiger partial charge in [-0.3, -0.25) is 24.2 Å². The summed E-state index contributed by atoms with van der Waals surface area (Å²) in [6, 6.07) is -0.202. The molecule has 0 radical (unpaired) electrons. The number of carbonyl (C=O) groups is 5. The number of nitrogens with zero attached hydrogens (tertiary/aromatic N) is 4. The van der Waals surface area contributed by atoms with Crippen LogP contribution in [0.4, 0.5) is 9.59 Å². The molecule has 2 aliphatic rings. The third-order valence-electron chi connectivity index (χ3n) is 6.54. The van der Waals surface area contributed by atoms with Gasteiger partial charge in [0.05, 0.1) is 0 Å². The van der Waals surface area contributed by atoms with Gasteiger partial charge < -0.3 is 21.1 Å². The maximum atomic E-state index is 13.0. The lowest BCUT2D eigenvalue weighted by atomic mass is 10.0. The summed E-state index contributed by atoms with van der Waals surface area (Å²) in [4.78, 5) is 68.7. The Morgan fingerprint density at radius 3 is 1.89 bits per heavy atom. The lowest BCUT2D eigenvalue weighted by Crippen LogP contribution is -2.57. The first-order valence-electron chi connectivity index (χ1n) is 12.8. The number of urea groups is 2. The number of hydrogen-bond acceptors (Lipinski definition) is 8. The number of nitrogens with two attached hydrogens (primary N) is 2. The van der Waals surface area contributed by atoms with Crippen LogP contribution in [-0.4, -0.2) is 96.0 Å². The van der Waals surface area contributed by atoms with Gasteiger partial charge in [-0.15, -0.1) is 0 Å². The van der Waals surface area contributed by atoms with Crippen LogP contribution in [0.2, 0.25) is 25.7 Å². The maximum Gasteiger partial charge on any atom is 0.333 e. The van der Waals surface area contributed by atoms with Crippen molar-refractivity contribution in [3.8, 4) is 0 Å². The summed E-state index contributed by atoms with van der Waals surface area (Å²) in [7, 11) is -1.30. The van der Waals surface area contributed by atoms with Crippen molar-refractivity contribution in [2.75, 3.05) is 33.0 Å². The first kappa shape index (κ1) is 30.3. The monoisotopic (exact) mass is 538 g/mol. The predicted molar refractivity (Wildman–Crippen MR) is 140 cm³/mol. The zero-order valence-corrected chi connectivity index (χ0v) is 24.0. The van der Waals surface area contributed by atoms with Crippen molar-refractivity contribution in [1.82, 2.24) is 19.6 Å². The van der Waals surface area contributed by atoms with E-state index in [4.69, 9.17) is 16.2 Å². The molecule has 37 heavy (non-hydrogen) atoms. The molecule has 0 aliphatic carbocycles. The van der Waals surface area contributed by atoms with E-state index < -0.39 is 48.9 Å². The molecule has 13 heteroatoms. The summed E-state index contributed by atoms with van der Waals surface area (Å²) < 4.78 is 5.63. The number of amides is 7. The summed E-state index contributed by atoms with van der Waals surface area (Å²) in [5.74, 6) is -2.36. The molecule has 2 saturated heterocycles. The van der Waals surface area contributed by atoms with E-state index in [1.54, 1.807) is 13.8 Å². The van der Waals surface area contributed by atoms with Crippen molar-refractivity contribution in [2.45, 2.75) is 77.7 Å². The number of ether oxygens (including phenoxy) is 1. The van der Waals surface area contributed by atoms with Crippen LogP contribution in [0.3, 0.4) is 0 Å². The second-order valence-corrected chi connectivity index (χ2v) is 16.8. The molecule has 12 nitrogen and oxygen atoms in total. The van der Waals surface area contributed by atoms with Gasteiger partial charge in [-0.2, -0.15) is 0 Å². The Balaban J connectivity index is 1.99. The molecule has 0 aromatic heterocycles. The van der Waals surface area contributed by atoms with Gasteiger partial charge in [0.2, 0.25) is 0 Å². The van der Waals surface area contributed by atoms with Crippen LogP contribution in [0.15, 0.2) is 11.4 Å². The van der Waals surface area contributed by atoms with Crippen molar-refractivity contribution in [1.29, 1.82) is 0 Å². The van der Waals surface area contributed by atoms with E-state index in [9.17, 15) is 24.0 Å². The number of rotatable bonds is 13. The summed E-state index contributed by atoms with van der Waals surface area (Å²) in [6.45, 7) is 12.8. The van der Waals surface area contributed by atoms with Crippen molar-refractivity contribution >= 4 is 37.9 Å². The van der Waals surface area contributed by atoms with E-state index in [-0.39, 0.29) is 32.3 Å². The highest BCUT2D eigenvalue weighted by molar-refractivity contribution is 6.76. The quantitative estimate of drug-likeness (QED) is 0.118. The van der Waals surface area contributed by atoms with Crippen LogP contribution in [0.1, 0.15) is 46.5 Å². The average molecular weight is 539 g/mol. The molecule has 7 amide bonds. The number of hydrogen-bond donors (Lipinski definition) is 2. The normalized spacial score (nSPS) is 18.5. The van der Waals surface area contributed by atoms with Gasteiger partial charge in [0.1, 0.15) is 23.7 Å². The fourth-order valence-electron chi connectivity index (χ4n) is 4.12. The standard InChI is InChI=1S/C24H42N6O6Si/c1-7-8-11-27-19(31)17(18(25)26)20(32)28(22(27)34)12-9-10-13-30-23(35)29(21(33)24(30,2)3)16-36-14-15-37(4,5)6/h7-16,25-26H2,1-6H3. The average Bonchev–Trinajstić information content (AvgIpc) is 2.94. The van der Waals surface area contributed by atoms with Crippen LogP contribution >= 0.6 is 0 Å². The van der Waals surface area contributed by atoms with Crippen molar-refractivity contribution in [3.05, 3.63) is 11.4 Å². The van der Waals surface area contributed by atoms with Crippen molar-refractivity contribution in [3.63, 3.8) is 0 Å². The van der Waals surface area contributed by atoms with E-state index in [1.807, 2.05) is 6.92 Å². The fourth-order valence-corrected chi connectivity index (χ4v) is 4.88. The fraction of sp³-hybridized carbons (Fsp3) is 0.708. The second-order valence-electron chi connectivity index (χ2n) is 11.2.